The molecule has 4 rings (SSSR count). The van der Waals surface area contributed by atoms with Crippen molar-refractivity contribution < 1.29 is 9.18 Å². The van der Waals surface area contributed by atoms with Crippen LogP contribution in [0.5, 0.6) is 0 Å². The van der Waals surface area contributed by atoms with E-state index in [0.29, 0.717) is 21.7 Å². The number of para-hydroxylation sites is 1. The highest BCUT2D eigenvalue weighted by molar-refractivity contribution is 7.99. The molecule has 31 heavy (non-hydrogen) atoms. The molecule has 2 heterocycles. The Bertz CT molecular complexity index is 1180. The number of piperidine rings is 1. The maximum atomic E-state index is 13.7. The summed E-state index contributed by atoms with van der Waals surface area (Å²) in [6.45, 7) is 2.87. The van der Waals surface area contributed by atoms with E-state index in [1.165, 1.54) is 34.5 Å². The number of rotatable bonds is 5. The van der Waals surface area contributed by atoms with Gasteiger partial charge >= 0.3 is 0 Å². The van der Waals surface area contributed by atoms with E-state index in [9.17, 15) is 14.0 Å². The first-order chi connectivity index (χ1) is 15.0. The van der Waals surface area contributed by atoms with Crippen LogP contribution >= 0.6 is 23.4 Å². The van der Waals surface area contributed by atoms with E-state index in [1.54, 1.807) is 18.2 Å². The number of aromatic nitrogens is 2. The Balaban J connectivity index is 1.71. The summed E-state index contributed by atoms with van der Waals surface area (Å²) in [4.78, 5) is 32.8. The SMILES string of the molecule is CCC1CCCCN1C(=O)CSc1nc2ccccc2c(=O)n1-c1ccc(F)c(Cl)c1. The minimum atomic E-state index is -0.563. The summed E-state index contributed by atoms with van der Waals surface area (Å²) in [5.41, 5.74) is 0.679. The third-order valence-electron chi connectivity index (χ3n) is 5.65. The number of halogens is 2. The van der Waals surface area contributed by atoms with E-state index in [1.807, 2.05) is 11.0 Å². The molecule has 0 saturated carbocycles. The lowest BCUT2D eigenvalue weighted by Gasteiger charge is -2.35. The van der Waals surface area contributed by atoms with Crippen LogP contribution in [0.1, 0.15) is 32.6 Å². The molecule has 0 radical (unpaired) electrons. The van der Waals surface area contributed by atoms with Gasteiger partial charge in [0.25, 0.3) is 5.56 Å². The normalized spacial score (nSPS) is 16.6. The summed E-state index contributed by atoms with van der Waals surface area (Å²) in [6, 6.07) is 11.4. The maximum absolute atomic E-state index is 13.7. The lowest BCUT2D eigenvalue weighted by molar-refractivity contribution is -0.132. The van der Waals surface area contributed by atoms with Crippen LogP contribution in [0.25, 0.3) is 16.6 Å². The van der Waals surface area contributed by atoms with Gasteiger partial charge in [0.15, 0.2) is 5.16 Å². The number of benzene rings is 2. The first kappa shape index (κ1) is 21.8. The molecular formula is C23H23ClFN3O2S. The van der Waals surface area contributed by atoms with Crippen LogP contribution in [0.3, 0.4) is 0 Å². The number of nitrogens with zero attached hydrogens (tertiary/aromatic N) is 3. The third-order valence-corrected chi connectivity index (χ3v) is 6.86. The lowest BCUT2D eigenvalue weighted by Crippen LogP contribution is -2.44. The number of likely N-dealkylation sites (tertiary alicyclic amines) is 1. The summed E-state index contributed by atoms with van der Waals surface area (Å²) in [6.07, 6.45) is 4.12. The van der Waals surface area contributed by atoms with Gasteiger partial charge in [-0.25, -0.2) is 9.37 Å². The van der Waals surface area contributed by atoms with Crippen molar-refractivity contribution in [3.63, 3.8) is 0 Å². The van der Waals surface area contributed by atoms with Gasteiger partial charge in [0.2, 0.25) is 5.91 Å². The van der Waals surface area contributed by atoms with Crippen molar-refractivity contribution in [1.82, 2.24) is 14.5 Å². The second-order valence-corrected chi connectivity index (χ2v) is 8.93. The highest BCUT2D eigenvalue weighted by atomic mass is 35.5. The minimum Gasteiger partial charge on any atom is -0.339 e. The molecule has 1 aliphatic rings. The summed E-state index contributed by atoms with van der Waals surface area (Å²) in [5, 5.41) is 0.745. The number of carbonyl (C=O) groups is 1. The zero-order valence-electron chi connectivity index (χ0n) is 17.2. The Kier molecular flexibility index (Phi) is 6.62. The Morgan fingerprint density at radius 2 is 2.06 bits per heavy atom. The maximum Gasteiger partial charge on any atom is 0.266 e. The molecule has 1 aliphatic heterocycles. The summed E-state index contributed by atoms with van der Waals surface area (Å²) in [7, 11) is 0. The van der Waals surface area contributed by atoms with Gasteiger partial charge in [-0.3, -0.25) is 14.2 Å². The molecule has 0 spiro atoms. The molecule has 0 aliphatic carbocycles. The number of thioether (sulfide) groups is 1. The fraction of sp³-hybridized carbons (Fsp3) is 0.348. The number of carbonyl (C=O) groups excluding carboxylic acids is 1. The lowest BCUT2D eigenvalue weighted by atomic mass is 10.0. The average Bonchev–Trinajstić information content (AvgIpc) is 2.79. The molecule has 2 aromatic carbocycles. The van der Waals surface area contributed by atoms with Crippen molar-refractivity contribution in [2.75, 3.05) is 12.3 Å². The predicted octanol–water partition coefficient (Wildman–Crippen LogP) is 5.06. The van der Waals surface area contributed by atoms with Crippen LogP contribution in [0.15, 0.2) is 52.4 Å². The van der Waals surface area contributed by atoms with E-state index in [4.69, 9.17) is 11.6 Å². The van der Waals surface area contributed by atoms with Gasteiger partial charge in [0.1, 0.15) is 5.82 Å². The second-order valence-electron chi connectivity index (χ2n) is 7.58. The van der Waals surface area contributed by atoms with Crippen molar-refractivity contribution in [2.24, 2.45) is 0 Å². The van der Waals surface area contributed by atoms with Crippen LogP contribution in [0.4, 0.5) is 4.39 Å². The van der Waals surface area contributed by atoms with Gasteiger partial charge in [-0.2, -0.15) is 0 Å². The fourth-order valence-corrected chi connectivity index (χ4v) is 5.10. The van der Waals surface area contributed by atoms with Crippen molar-refractivity contribution in [3.8, 4) is 5.69 Å². The summed E-state index contributed by atoms with van der Waals surface area (Å²) >= 11 is 7.19. The van der Waals surface area contributed by atoms with E-state index in [2.05, 4.69) is 11.9 Å². The molecule has 162 valence electrons. The largest absolute Gasteiger partial charge is 0.339 e. The Morgan fingerprint density at radius 1 is 1.26 bits per heavy atom. The van der Waals surface area contributed by atoms with Crippen molar-refractivity contribution in [3.05, 3.63) is 63.7 Å². The van der Waals surface area contributed by atoms with Crippen LogP contribution < -0.4 is 5.56 Å². The smallest absolute Gasteiger partial charge is 0.266 e. The standard InChI is InChI=1S/C23H23ClFN3O2S/c1-2-15-7-5-6-12-27(15)21(29)14-31-23-26-20-9-4-3-8-17(20)22(30)28(23)16-10-11-19(25)18(24)13-16/h3-4,8-11,13,15H,2,5-7,12,14H2,1H3. The third kappa shape index (κ3) is 4.48. The van der Waals surface area contributed by atoms with E-state index < -0.39 is 5.82 Å². The van der Waals surface area contributed by atoms with E-state index in [-0.39, 0.29) is 28.3 Å². The fourth-order valence-electron chi connectivity index (χ4n) is 4.02. The average molecular weight is 460 g/mol. The molecule has 1 aromatic heterocycles. The number of hydrogen-bond donors (Lipinski definition) is 0. The second kappa shape index (κ2) is 9.40. The Hall–Kier alpha value is -2.38. The predicted molar refractivity (Wildman–Crippen MR) is 123 cm³/mol. The van der Waals surface area contributed by atoms with Gasteiger partial charge in [0.05, 0.1) is 27.4 Å². The Morgan fingerprint density at radius 3 is 2.84 bits per heavy atom. The zero-order valence-corrected chi connectivity index (χ0v) is 18.8. The molecule has 1 fully saturated rings. The van der Waals surface area contributed by atoms with Gasteiger partial charge in [-0.15, -0.1) is 0 Å². The first-order valence-electron chi connectivity index (χ1n) is 10.4. The van der Waals surface area contributed by atoms with Crippen molar-refractivity contribution in [1.29, 1.82) is 0 Å². The minimum absolute atomic E-state index is 0.0441. The number of amides is 1. The first-order valence-corrected chi connectivity index (χ1v) is 11.8. The number of fused-ring (bicyclic) bond motifs is 1. The van der Waals surface area contributed by atoms with Crippen LogP contribution in [-0.2, 0) is 4.79 Å². The molecule has 1 unspecified atom stereocenters. The molecule has 1 atom stereocenters. The van der Waals surface area contributed by atoms with Crippen LogP contribution in [0, 0.1) is 5.82 Å². The molecule has 5 nitrogen and oxygen atoms in total. The molecule has 1 saturated heterocycles. The highest BCUT2D eigenvalue weighted by Crippen LogP contribution is 2.26. The molecule has 1 amide bonds. The van der Waals surface area contributed by atoms with Gasteiger partial charge in [-0.1, -0.05) is 42.4 Å². The topological polar surface area (TPSA) is 55.2 Å². The quantitative estimate of drug-likeness (QED) is 0.395. The van der Waals surface area contributed by atoms with Gasteiger partial charge in [0, 0.05) is 12.6 Å². The van der Waals surface area contributed by atoms with Gasteiger partial charge < -0.3 is 4.90 Å². The molecular weight excluding hydrogens is 437 g/mol. The molecule has 0 bridgehead atoms. The van der Waals surface area contributed by atoms with Crippen molar-refractivity contribution >= 4 is 40.2 Å². The van der Waals surface area contributed by atoms with Crippen LogP contribution in [-0.4, -0.2) is 38.7 Å². The number of hydrogen-bond acceptors (Lipinski definition) is 4. The molecule has 0 N–H and O–H groups in total. The molecule has 3 aromatic rings. The van der Waals surface area contributed by atoms with Crippen LogP contribution in [0.2, 0.25) is 5.02 Å². The zero-order chi connectivity index (χ0) is 22.0. The monoisotopic (exact) mass is 459 g/mol. The summed E-state index contributed by atoms with van der Waals surface area (Å²) in [5.74, 6) is -0.342. The van der Waals surface area contributed by atoms with E-state index >= 15 is 0 Å². The van der Waals surface area contributed by atoms with Gasteiger partial charge in [-0.05, 0) is 56.0 Å². The summed E-state index contributed by atoms with van der Waals surface area (Å²) < 4.78 is 15.1. The highest BCUT2D eigenvalue weighted by Gasteiger charge is 2.26. The molecule has 8 heteroatoms. The Labute approximate surface area is 189 Å². The van der Waals surface area contributed by atoms with E-state index in [0.717, 1.165) is 32.2 Å². The van der Waals surface area contributed by atoms with Crippen molar-refractivity contribution in [2.45, 2.75) is 43.8 Å².